The van der Waals surface area contributed by atoms with Crippen molar-refractivity contribution < 1.29 is 18.7 Å². The molecule has 1 aromatic carbocycles. The van der Waals surface area contributed by atoms with Crippen LogP contribution in [0.15, 0.2) is 35.5 Å². The first-order valence-corrected chi connectivity index (χ1v) is 13.1. The zero-order chi connectivity index (χ0) is 28.3. The first kappa shape index (κ1) is 25.9. The van der Waals surface area contributed by atoms with Gasteiger partial charge in [-0.25, -0.2) is 18.6 Å². The Balaban J connectivity index is 1.68. The fourth-order valence-electron chi connectivity index (χ4n) is 5.92. The first-order chi connectivity index (χ1) is 19.2. The standard InChI is InChI=1S/C29H28F2N6O3/c1-32-21-10-20(30)25(31)23-17(21)9-22-24(23)26(36-6-4-5-7-36)18(11-33-22)15-8-16(13-35(2)3)27-34-12-19(29(39)40)28(38)37(27)14-15/h8,10-12,14,32H,4-7,9,13H2,1-3H3,(H,39,40). The maximum absolute atomic E-state index is 15.5. The summed E-state index contributed by atoms with van der Waals surface area (Å²) in [4.78, 5) is 38.1. The third kappa shape index (κ3) is 4.00. The van der Waals surface area contributed by atoms with Crippen molar-refractivity contribution in [1.29, 1.82) is 0 Å². The van der Waals surface area contributed by atoms with Gasteiger partial charge in [0.1, 0.15) is 11.2 Å². The van der Waals surface area contributed by atoms with Gasteiger partial charge in [0.25, 0.3) is 5.56 Å². The lowest BCUT2D eigenvalue weighted by atomic mass is 9.97. The van der Waals surface area contributed by atoms with Crippen LogP contribution in [-0.2, 0) is 13.0 Å². The van der Waals surface area contributed by atoms with Crippen LogP contribution in [0.3, 0.4) is 0 Å². The molecule has 0 atom stereocenters. The van der Waals surface area contributed by atoms with Crippen LogP contribution in [0.25, 0.3) is 27.9 Å². The summed E-state index contributed by atoms with van der Waals surface area (Å²) in [5, 5.41) is 12.5. The van der Waals surface area contributed by atoms with Crippen LogP contribution in [0.1, 0.15) is 40.0 Å². The maximum atomic E-state index is 15.5. The van der Waals surface area contributed by atoms with Gasteiger partial charge in [0.2, 0.25) is 0 Å². The van der Waals surface area contributed by atoms with Gasteiger partial charge in [-0.1, -0.05) is 0 Å². The quantitative estimate of drug-likeness (QED) is 0.330. The molecule has 206 valence electrons. The van der Waals surface area contributed by atoms with Crippen molar-refractivity contribution >= 4 is 23.0 Å². The van der Waals surface area contributed by atoms with E-state index in [1.165, 1.54) is 10.5 Å². The van der Waals surface area contributed by atoms with Gasteiger partial charge in [0, 0.05) is 91.3 Å². The summed E-state index contributed by atoms with van der Waals surface area (Å²) in [5.41, 5.74) is 4.49. The minimum Gasteiger partial charge on any atom is -0.477 e. The zero-order valence-corrected chi connectivity index (χ0v) is 22.4. The molecule has 2 aliphatic rings. The second-order valence-electron chi connectivity index (χ2n) is 10.5. The van der Waals surface area contributed by atoms with Crippen LogP contribution in [0.2, 0.25) is 0 Å². The number of carbonyl (C=O) groups is 1. The van der Waals surface area contributed by atoms with Gasteiger partial charge >= 0.3 is 5.97 Å². The summed E-state index contributed by atoms with van der Waals surface area (Å²) in [6.07, 6.45) is 6.62. The summed E-state index contributed by atoms with van der Waals surface area (Å²) in [6.45, 7) is 1.90. The SMILES string of the molecule is CNc1cc(F)c(F)c2c1Cc1ncc(-c3cc(CN(C)C)c4ncc(C(=O)O)c(=O)n4c3)c(N3CCCC3)c1-2. The average molecular weight is 547 g/mol. The summed E-state index contributed by atoms with van der Waals surface area (Å²) < 4.78 is 31.6. The summed E-state index contributed by atoms with van der Waals surface area (Å²) in [5.74, 6) is -3.21. The Morgan fingerprint density at radius 2 is 1.88 bits per heavy atom. The number of rotatable bonds is 6. The first-order valence-electron chi connectivity index (χ1n) is 13.1. The number of halogens is 2. The van der Waals surface area contributed by atoms with Crippen LogP contribution in [0.5, 0.6) is 0 Å². The molecule has 0 bridgehead atoms. The van der Waals surface area contributed by atoms with E-state index in [2.05, 4.69) is 15.2 Å². The molecule has 4 heterocycles. The van der Waals surface area contributed by atoms with Crippen molar-refractivity contribution in [3.63, 3.8) is 0 Å². The van der Waals surface area contributed by atoms with E-state index in [-0.39, 0.29) is 5.56 Å². The molecule has 40 heavy (non-hydrogen) atoms. The summed E-state index contributed by atoms with van der Waals surface area (Å²) >= 11 is 0. The highest BCUT2D eigenvalue weighted by atomic mass is 19.2. The number of carboxylic acid groups (broad SMARTS) is 1. The Bertz CT molecular complexity index is 1760. The summed E-state index contributed by atoms with van der Waals surface area (Å²) in [6, 6.07) is 3.08. The van der Waals surface area contributed by atoms with E-state index in [0.29, 0.717) is 57.8 Å². The number of pyridine rings is 2. The van der Waals surface area contributed by atoms with Crippen molar-refractivity contribution in [2.24, 2.45) is 0 Å². The van der Waals surface area contributed by atoms with E-state index < -0.39 is 28.7 Å². The number of aromatic nitrogens is 3. The predicted octanol–water partition coefficient (Wildman–Crippen LogP) is 4.01. The fraction of sp³-hybridized carbons (Fsp3) is 0.310. The van der Waals surface area contributed by atoms with Crippen LogP contribution in [-0.4, -0.2) is 64.6 Å². The normalized spacial score (nSPS) is 14.2. The number of nitrogens with zero attached hydrogens (tertiary/aromatic N) is 5. The molecule has 3 aromatic heterocycles. The second-order valence-corrected chi connectivity index (χ2v) is 10.5. The largest absolute Gasteiger partial charge is 0.477 e. The molecule has 0 spiro atoms. The lowest BCUT2D eigenvalue weighted by molar-refractivity contribution is 0.0694. The van der Waals surface area contributed by atoms with Crippen molar-refractivity contribution in [2.45, 2.75) is 25.8 Å². The van der Waals surface area contributed by atoms with Gasteiger partial charge in [-0.3, -0.25) is 14.2 Å². The molecule has 9 nitrogen and oxygen atoms in total. The summed E-state index contributed by atoms with van der Waals surface area (Å²) in [7, 11) is 5.44. The molecule has 0 radical (unpaired) electrons. The maximum Gasteiger partial charge on any atom is 0.342 e. The Kier molecular flexibility index (Phi) is 6.25. The molecule has 11 heteroatoms. The number of benzene rings is 1. The molecule has 1 aliphatic carbocycles. The minimum absolute atomic E-state index is 0.205. The monoisotopic (exact) mass is 546 g/mol. The Labute approximate surface area is 228 Å². The Morgan fingerprint density at radius 3 is 2.55 bits per heavy atom. The molecule has 0 unspecified atom stereocenters. The van der Waals surface area contributed by atoms with Crippen molar-refractivity contribution in [3.8, 4) is 22.3 Å². The molecule has 2 N–H and O–H groups in total. The third-order valence-electron chi connectivity index (χ3n) is 7.65. The zero-order valence-electron chi connectivity index (χ0n) is 22.4. The van der Waals surface area contributed by atoms with Gasteiger partial charge in [0.15, 0.2) is 11.6 Å². The van der Waals surface area contributed by atoms with E-state index in [9.17, 15) is 19.1 Å². The second kappa shape index (κ2) is 9.67. The minimum atomic E-state index is -1.36. The number of carboxylic acids is 1. The van der Waals surface area contributed by atoms with Crippen molar-refractivity contribution in [3.05, 3.63) is 75.1 Å². The number of anilines is 2. The lowest BCUT2D eigenvalue weighted by Gasteiger charge is -2.26. The van der Waals surface area contributed by atoms with Crippen LogP contribution in [0.4, 0.5) is 20.2 Å². The highest BCUT2D eigenvalue weighted by molar-refractivity contribution is 5.97. The van der Waals surface area contributed by atoms with Gasteiger partial charge in [-0.05, 0) is 38.6 Å². The lowest BCUT2D eigenvalue weighted by Crippen LogP contribution is -2.25. The van der Waals surface area contributed by atoms with E-state index in [0.717, 1.165) is 37.8 Å². The van der Waals surface area contributed by atoms with E-state index >= 15 is 4.39 Å². The van der Waals surface area contributed by atoms with Crippen molar-refractivity contribution in [1.82, 2.24) is 19.3 Å². The van der Waals surface area contributed by atoms with Crippen LogP contribution >= 0.6 is 0 Å². The molecular weight excluding hydrogens is 518 g/mol. The average Bonchev–Trinajstić information content (AvgIpc) is 3.59. The highest BCUT2D eigenvalue weighted by Gasteiger charge is 2.34. The fourth-order valence-corrected chi connectivity index (χ4v) is 5.92. The molecule has 1 aliphatic heterocycles. The highest BCUT2D eigenvalue weighted by Crippen LogP contribution is 2.50. The van der Waals surface area contributed by atoms with Gasteiger partial charge < -0.3 is 20.2 Å². The van der Waals surface area contributed by atoms with Crippen molar-refractivity contribution in [2.75, 3.05) is 44.4 Å². The molecule has 1 fully saturated rings. The predicted molar refractivity (Wildman–Crippen MR) is 148 cm³/mol. The Hall–Kier alpha value is -4.38. The third-order valence-corrected chi connectivity index (χ3v) is 7.65. The van der Waals surface area contributed by atoms with E-state index in [1.807, 2.05) is 25.1 Å². The number of aromatic carboxylic acids is 1. The number of hydrogen-bond acceptors (Lipinski definition) is 7. The number of nitrogens with one attached hydrogen (secondary N) is 1. The molecule has 6 rings (SSSR count). The molecule has 0 saturated carbocycles. The number of fused-ring (bicyclic) bond motifs is 4. The Morgan fingerprint density at radius 1 is 1.12 bits per heavy atom. The van der Waals surface area contributed by atoms with Crippen LogP contribution < -0.4 is 15.8 Å². The van der Waals surface area contributed by atoms with Gasteiger partial charge in [-0.2, -0.15) is 0 Å². The molecular formula is C29H28F2N6O3. The van der Waals surface area contributed by atoms with Gasteiger partial charge in [-0.15, -0.1) is 0 Å². The molecule has 1 saturated heterocycles. The molecule has 4 aromatic rings. The van der Waals surface area contributed by atoms with E-state index in [1.54, 1.807) is 19.4 Å². The smallest absolute Gasteiger partial charge is 0.342 e. The van der Waals surface area contributed by atoms with Crippen LogP contribution in [0, 0.1) is 11.6 Å². The van der Waals surface area contributed by atoms with Gasteiger partial charge in [0.05, 0.1) is 11.4 Å². The molecule has 0 amide bonds. The topological polar surface area (TPSA) is 103 Å². The van der Waals surface area contributed by atoms with E-state index in [4.69, 9.17) is 4.98 Å². The number of hydrogen-bond donors (Lipinski definition) is 2.